The Morgan fingerprint density at radius 2 is 1.95 bits per heavy atom. The van der Waals surface area contributed by atoms with E-state index in [4.69, 9.17) is 0 Å². The number of nitrogens with zero attached hydrogens (tertiary/aromatic N) is 2. The highest BCUT2D eigenvalue weighted by Crippen LogP contribution is 2.13. The second kappa shape index (κ2) is 5.81. The van der Waals surface area contributed by atoms with Gasteiger partial charge >= 0.3 is 0 Å². The molecule has 0 aliphatic carbocycles. The van der Waals surface area contributed by atoms with Crippen LogP contribution in [0.15, 0.2) is 59.7 Å². The van der Waals surface area contributed by atoms with Crippen LogP contribution in [0.2, 0.25) is 0 Å². The zero-order valence-electron chi connectivity index (χ0n) is 12.1. The highest BCUT2D eigenvalue weighted by molar-refractivity contribution is 6.09. The van der Waals surface area contributed by atoms with Gasteiger partial charge in [-0.05, 0) is 17.7 Å². The van der Waals surface area contributed by atoms with E-state index in [0.717, 1.165) is 5.56 Å². The lowest BCUT2D eigenvalue weighted by atomic mass is 10.0. The molecule has 0 amide bonds. The second-order valence-electron chi connectivity index (χ2n) is 5.06. The number of H-pyrrole nitrogens is 1. The van der Waals surface area contributed by atoms with E-state index in [0.29, 0.717) is 17.7 Å². The van der Waals surface area contributed by atoms with Crippen LogP contribution in [0.5, 0.6) is 0 Å². The molecule has 0 saturated heterocycles. The Labute approximate surface area is 127 Å². The van der Waals surface area contributed by atoms with Crippen molar-refractivity contribution in [3.8, 4) is 0 Å². The molecule has 3 rings (SSSR count). The van der Waals surface area contributed by atoms with Crippen LogP contribution in [-0.2, 0) is 13.5 Å². The van der Waals surface area contributed by atoms with Crippen molar-refractivity contribution in [3.05, 3.63) is 87.6 Å². The Balaban J connectivity index is 2.04. The van der Waals surface area contributed by atoms with Gasteiger partial charge < -0.3 is 0 Å². The normalized spacial score (nSPS) is 10.6. The summed E-state index contributed by atoms with van der Waals surface area (Å²) in [5.74, 6) is -0.305. The predicted molar refractivity (Wildman–Crippen MR) is 83.0 cm³/mol. The van der Waals surface area contributed by atoms with Crippen molar-refractivity contribution in [1.82, 2.24) is 14.8 Å². The average Bonchev–Trinajstić information content (AvgIpc) is 2.83. The lowest BCUT2D eigenvalue weighted by Gasteiger charge is -2.02. The summed E-state index contributed by atoms with van der Waals surface area (Å²) in [5.41, 5.74) is 1.92. The number of pyridine rings is 1. The molecule has 5 heteroatoms. The van der Waals surface area contributed by atoms with Gasteiger partial charge in [-0.25, -0.2) is 0 Å². The molecule has 5 nitrogen and oxygen atoms in total. The molecular weight excluding hydrogens is 278 g/mol. The molecule has 0 spiro atoms. The molecule has 0 aliphatic heterocycles. The summed E-state index contributed by atoms with van der Waals surface area (Å²) in [7, 11) is 1.61. The zero-order chi connectivity index (χ0) is 15.5. The first-order valence-electron chi connectivity index (χ1n) is 6.93. The van der Waals surface area contributed by atoms with Crippen LogP contribution < -0.4 is 5.56 Å². The van der Waals surface area contributed by atoms with Crippen LogP contribution in [0.4, 0.5) is 0 Å². The Morgan fingerprint density at radius 1 is 1.18 bits per heavy atom. The number of aryl methyl sites for hydroxylation is 1. The fourth-order valence-corrected chi connectivity index (χ4v) is 2.41. The summed E-state index contributed by atoms with van der Waals surface area (Å²) in [6, 6.07) is 13.1. The number of carbonyl (C=O) groups excluding carboxylic acids is 1. The SMILES string of the molecule is Cn1[nH]c(Cc2ccccc2)c(C(=O)c2cccnc2)c1=O. The van der Waals surface area contributed by atoms with Crippen molar-refractivity contribution < 1.29 is 4.79 Å². The third kappa shape index (κ3) is 2.61. The fourth-order valence-electron chi connectivity index (χ4n) is 2.41. The van der Waals surface area contributed by atoms with Crippen molar-refractivity contribution in [2.24, 2.45) is 7.05 Å². The third-order valence-corrected chi connectivity index (χ3v) is 3.50. The molecule has 1 aromatic carbocycles. The maximum Gasteiger partial charge on any atom is 0.277 e. The minimum absolute atomic E-state index is 0.180. The van der Waals surface area contributed by atoms with Crippen LogP contribution >= 0.6 is 0 Å². The number of rotatable bonds is 4. The second-order valence-corrected chi connectivity index (χ2v) is 5.06. The van der Waals surface area contributed by atoms with E-state index in [1.807, 2.05) is 30.3 Å². The van der Waals surface area contributed by atoms with Crippen LogP contribution in [0.3, 0.4) is 0 Å². The predicted octanol–water partition coefficient (Wildman–Crippen LogP) is 1.93. The molecule has 0 atom stereocenters. The number of ketones is 1. The minimum Gasteiger partial charge on any atom is -0.299 e. The van der Waals surface area contributed by atoms with E-state index in [-0.39, 0.29) is 16.9 Å². The molecule has 0 saturated carbocycles. The van der Waals surface area contributed by atoms with Crippen LogP contribution in [-0.4, -0.2) is 20.5 Å². The highest BCUT2D eigenvalue weighted by Gasteiger charge is 2.21. The molecule has 0 fully saturated rings. The van der Waals surface area contributed by atoms with Gasteiger partial charge in [-0.3, -0.25) is 24.4 Å². The molecule has 1 N–H and O–H groups in total. The lowest BCUT2D eigenvalue weighted by molar-refractivity contribution is 0.103. The van der Waals surface area contributed by atoms with E-state index >= 15 is 0 Å². The molecule has 0 radical (unpaired) electrons. The monoisotopic (exact) mass is 293 g/mol. The van der Waals surface area contributed by atoms with E-state index in [1.165, 1.54) is 10.9 Å². The number of hydrogen-bond acceptors (Lipinski definition) is 3. The number of nitrogens with one attached hydrogen (secondary N) is 1. The quantitative estimate of drug-likeness (QED) is 0.747. The largest absolute Gasteiger partial charge is 0.299 e. The maximum atomic E-state index is 12.6. The summed E-state index contributed by atoms with van der Waals surface area (Å²) >= 11 is 0. The summed E-state index contributed by atoms with van der Waals surface area (Å²) in [6.07, 6.45) is 3.57. The first-order chi connectivity index (χ1) is 10.7. The molecule has 0 aliphatic rings. The number of benzene rings is 1. The van der Waals surface area contributed by atoms with Gasteiger partial charge in [0.05, 0.1) is 5.69 Å². The molecule has 0 bridgehead atoms. The molecular formula is C17H15N3O2. The van der Waals surface area contributed by atoms with Crippen molar-refractivity contribution in [3.63, 3.8) is 0 Å². The molecule has 110 valence electrons. The topological polar surface area (TPSA) is 67.8 Å². The van der Waals surface area contributed by atoms with Gasteiger partial charge in [0.25, 0.3) is 5.56 Å². The van der Waals surface area contributed by atoms with Crippen LogP contribution in [0.1, 0.15) is 27.2 Å². The number of hydrogen-bond donors (Lipinski definition) is 1. The summed E-state index contributed by atoms with van der Waals surface area (Å²) in [6.45, 7) is 0. The number of aromatic amines is 1. The smallest absolute Gasteiger partial charge is 0.277 e. The Bertz CT molecular complexity index is 849. The van der Waals surface area contributed by atoms with Crippen LogP contribution in [0.25, 0.3) is 0 Å². The van der Waals surface area contributed by atoms with Gasteiger partial charge in [0.2, 0.25) is 5.78 Å². The molecule has 2 heterocycles. The zero-order valence-corrected chi connectivity index (χ0v) is 12.1. The van der Waals surface area contributed by atoms with Crippen molar-refractivity contribution >= 4 is 5.78 Å². The average molecular weight is 293 g/mol. The van der Waals surface area contributed by atoms with Crippen molar-refractivity contribution in [2.75, 3.05) is 0 Å². The van der Waals surface area contributed by atoms with Gasteiger partial charge in [-0.1, -0.05) is 30.3 Å². The van der Waals surface area contributed by atoms with Crippen molar-refractivity contribution in [1.29, 1.82) is 0 Å². The summed E-state index contributed by atoms with van der Waals surface area (Å²) in [4.78, 5) is 28.8. The van der Waals surface area contributed by atoms with Gasteiger partial charge in [0, 0.05) is 31.4 Å². The van der Waals surface area contributed by atoms with Gasteiger partial charge in [0.1, 0.15) is 5.56 Å². The Morgan fingerprint density at radius 3 is 2.64 bits per heavy atom. The molecule has 3 aromatic rings. The highest BCUT2D eigenvalue weighted by atomic mass is 16.2. The Kier molecular flexibility index (Phi) is 3.70. The van der Waals surface area contributed by atoms with E-state index in [2.05, 4.69) is 10.1 Å². The molecule has 0 unspecified atom stereocenters. The first kappa shape index (κ1) is 14.0. The fraction of sp³-hybridized carbons (Fsp3) is 0.118. The standard InChI is InChI=1S/C17H15N3O2/c1-20-17(22)15(16(21)13-8-5-9-18-11-13)14(19-20)10-12-6-3-2-4-7-12/h2-9,11,19H,10H2,1H3. The number of aromatic nitrogens is 3. The van der Waals surface area contributed by atoms with E-state index < -0.39 is 0 Å². The summed E-state index contributed by atoms with van der Waals surface area (Å²) < 4.78 is 1.34. The van der Waals surface area contributed by atoms with Gasteiger partial charge in [-0.2, -0.15) is 0 Å². The van der Waals surface area contributed by atoms with Gasteiger partial charge in [-0.15, -0.1) is 0 Å². The number of carbonyl (C=O) groups is 1. The lowest BCUT2D eigenvalue weighted by Crippen LogP contribution is -2.20. The molecule has 22 heavy (non-hydrogen) atoms. The first-order valence-corrected chi connectivity index (χ1v) is 6.93. The van der Waals surface area contributed by atoms with Gasteiger partial charge in [0.15, 0.2) is 0 Å². The van der Waals surface area contributed by atoms with Crippen molar-refractivity contribution in [2.45, 2.75) is 6.42 Å². The van der Waals surface area contributed by atoms with Crippen LogP contribution in [0, 0.1) is 0 Å². The van der Waals surface area contributed by atoms with E-state index in [1.54, 1.807) is 25.4 Å². The maximum absolute atomic E-state index is 12.6. The van der Waals surface area contributed by atoms with E-state index in [9.17, 15) is 9.59 Å². The summed E-state index contributed by atoms with van der Waals surface area (Å²) in [5, 5.41) is 2.98. The molecule has 2 aromatic heterocycles. The third-order valence-electron chi connectivity index (χ3n) is 3.50. The Hall–Kier alpha value is -2.95. The minimum atomic E-state index is -0.320.